The lowest BCUT2D eigenvalue weighted by atomic mass is 10.0. The molecule has 0 aromatic heterocycles. The average molecular weight is 364 g/mol. The van der Waals surface area contributed by atoms with Crippen molar-refractivity contribution < 1.29 is 9.59 Å². The molecular weight excluding hydrogens is 338 g/mol. The highest BCUT2D eigenvalue weighted by molar-refractivity contribution is 6.33. The van der Waals surface area contributed by atoms with Crippen LogP contribution in [0.15, 0.2) is 24.3 Å². The van der Waals surface area contributed by atoms with Crippen LogP contribution >= 0.6 is 11.6 Å². The number of hydrogen-bond acceptors (Lipinski definition) is 3. The molecule has 0 spiro atoms. The molecule has 2 fully saturated rings. The van der Waals surface area contributed by atoms with Gasteiger partial charge >= 0.3 is 0 Å². The zero-order chi connectivity index (χ0) is 17.8. The van der Waals surface area contributed by atoms with Crippen LogP contribution in [0.3, 0.4) is 0 Å². The summed E-state index contributed by atoms with van der Waals surface area (Å²) in [6.45, 7) is 5.19. The maximum absolute atomic E-state index is 13.1. The lowest BCUT2D eigenvalue weighted by Crippen LogP contribution is -2.48. The van der Waals surface area contributed by atoms with Gasteiger partial charge in [0.1, 0.15) is 0 Å². The molecule has 1 aromatic rings. The van der Waals surface area contributed by atoms with Gasteiger partial charge in [-0.25, -0.2) is 0 Å². The van der Waals surface area contributed by atoms with Crippen molar-refractivity contribution in [1.29, 1.82) is 0 Å². The SMILES string of the molecule is CCCN(C(=O)C1CC(=O)N(c2ccccc2Cl)C1)C1CCNCC1. The van der Waals surface area contributed by atoms with Gasteiger partial charge in [0.2, 0.25) is 11.8 Å². The summed E-state index contributed by atoms with van der Waals surface area (Å²) in [5, 5.41) is 3.90. The number of anilines is 1. The van der Waals surface area contributed by atoms with E-state index in [-0.39, 0.29) is 30.2 Å². The highest BCUT2D eigenvalue weighted by Crippen LogP contribution is 2.32. The number of nitrogens with zero attached hydrogens (tertiary/aromatic N) is 2. The molecule has 5 nitrogen and oxygen atoms in total. The van der Waals surface area contributed by atoms with Crippen LogP contribution in [-0.2, 0) is 9.59 Å². The summed E-state index contributed by atoms with van der Waals surface area (Å²) in [7, 11) is 0. The molecule has 136 valence electrons. The van der Waals surface area contributed by atoms with E-state index in [1.165, 1.54) is 0 Å². The van der Waals surface area contributed by atoms with Crippen molar-refractivity contribution in [3.63, 3.8) is 0 Å². The molecule has 1 atom stereocenters. The molecule has 2 amide bonds. The van der Waals surface area contributed by atoms with Crippen LogP contribution in [0.2, 0.25) is 5.02 Å². The second kappa shape index (κ2) is 8.19. The van der Waals surface area contributed by atoms with Gasteiger partial charge in [-0.2, -0.15) is 0 Å². The molecule has 25 heavy (non-hydrogen) atoms. The van der Waals surface area contributed by atoms with E-state index in [1.54, 1.807) is 11.0 Å². The Morgan fingerprint density at radius 1 is 1.32 bits per heavy atom. The maximum Gasteiger partial charge on any atom is 0.228 e. The highest BCUT2D eigenvalue weighted by atomic mass is 35.5. The molecule has 6 heteroatoms. The van der Waals surface area contributed by atoms with Crippen molar-refractivity contribution in [2.45, 2.75) is 38.6 Å². The first kappa shape index (κ1) is 18.2. The largest absolute Gasteiger partial charge is 0.339 e. The maximum atomic E-state index is 13.1. The Balaban J connectivity index is 1.73. The van der Waals surface area contributed by atoms with Crippen molar-refractivity contribution in [3.8, 4) is 0 Å². The van der Waals surface area contributed by atoms with Gasteiger partial charge in [-0.1, -0.05) is 30.7 Å². The van der Waals surface area contributed by atoms with E-state index in [1.807, 2.05) is 23.1 Å². The molecule has 1 aromatic carbocycles. The molecule has 0 aliphatic carbocycles. The van der Waals surface area contributed by atoms with E-state index < -0.39 is 0 Å². The predicted octanol–water partition coefficient (Wildman–Crippen LogP) is 2.68. The fraction of sp³-hybridized carbons (Fsp3) is 0.579. The molecule has 0 radical (unpaired) electrons. The van der Waals surface area contributed by atoms with E-state index in [4.69, 9.17) is 11.6 Å². The van der Waals surface area contributed by atoms with Gasteiger partial charge in [0.15, 0.2) is 0 Å². The number of amides is 2. The van der Waals surface area contributed by atoms with Crippen molar-refractivity contribution >= 4 is 29.1 Å². The normalized spacial score (nSPS) is 21.6. The van der Waals surface area contributed by atoms with Crippen LogP contribution in [0.5, 0.6) is 0 Å². The molecule has 1 unspecified atom stereocenters. The summed E-state index contributed by atoms with van der Waals surface area (Å²) in [5.74, 6) is -0.171. The molecule has 2 aliphatic rings. The van der Waals surface area contributed by atoms with Crippen LogP contribution in [0.25, 0.3) is 0 Å². The van der Waals surface area contributed by atoms with Gasteiger partial charge in [-0.3, -0.25) is 9.59 Å². The second-order valence-corrected chi connectivity index (χ2v) is 7.28. The van der Waals surface area contributed by atoms with Gasteiger partial charge in [-0.05, 0) is 44.5 Å². The summed E-state index contributed by atoms with van der Waals surface area (Å²) in [4.78, 5) is 29.3. The molecular formula is C19H26ClN3O2. The molecule has 2 heterocycles. The molecule has 0 saturated carbocycles. The number of benzene rings is 1. The number of carbonyl (C=O) groups is 2. The summed E-state index contributed by atoms with van der Waals surface area (Å²) < 4.78 is 0. The number of hydrogen-bond donors (Lipinski definition) is 1. The standard InChI is InChI=1S/C19H26ClN3O2/c1-2-11-22(15-7-9-21-10-8-15)19(25)14-12-18(24)23(13-14)17-6-4-3-5-16(17)20/h3-6,14-15,21H,2,7-13H2,1H3. The lowest BCUT2D eigenvalue weighted by Gasteiger charge is -2.36. The van der Waals surface area contributed by atoms with Crippen LogP contribution < -0.4 is 10.2 Å². The number of para-hydroxylation sites is 1. The minimum atomic E-state index is -0.273. The van der Waals surface area contributed by atoms with Crippen molar-refractivity contribution in [2.75, 3.05) is 31.1 Å². The lowest BCUT2D eigenvalue weighted by molar-refractivity contribution is -0.138. The number of rotatable bonds is 5. The van der Waals surface area contributed by atoms with Gasteiger partial charge in [0.05, 0.1) is 16.6 Å². The molecule has 3 rings (SSSR count). The summed E-state index contributed by atoms with van der Waals surface area (Å²) in [6.07, 6.45) is 3.18. The number of carbonyl (C=O) groups excluding carboxylic acids is 2. The number of halogens is 1. The van der Waals surface area contributed by atoms with Crippen molar-refractivity contribution in [2.24, 2.45) is 5.92 Å². The topological polar surface area (TPSA) is 52.7 Å². The van der Waals surface area contributed by atoms with Crippen molar-refractivity contribution in [1.82, 2.24) is 10.2 Å². The number of piperidine rings is 1. The fourth-order valence-electron chi connectivity index (χ4n) is 3.84. The first-order valence-corrected chi connectivity index (χ1v) is 9.55. The third kappa shape index (κ3) is 3.98. The summed E-state index contributed by atoms with van der Waals surface area (Å²) in [5.41, 5.74) is 0.702. The minimum Gasteiger partial charge on any atom is -0.339 e. The Morgan fingerprint density at radius 2 is 2.04 bits per heavy atom. The minimum absolute atomic E-state index is 0.0202. The average Bonchev–Trinajstić information content (AvgIpc) is 3.02. The first-order chi connectivity index (χ1) is 12.1. The first-order valence-electron chi connectivity index (χ1n) is 9.18. The van der Waals surface area contributed by atoms with Gasteiger partial charge < -0.3 is 15.1 Å². The van der Waals surface area contributed by atoms with Crippen LogP contribution in [0, 0.1) is 5.92 Å². The Bertz CT molecular complexity index is 631. The Labute approximate surface area is 154 Å². The predicted molar refractivity (Wildman–Crippen MR) is 99.8 cm³/mol. The van der Waals surface area contributed by atoms with Gasteiger partial charge in [0.25, 0.3) is 0 Å². The summed E-state index contributed by atoms with van der Waals surface area (Å²) >= 11 is 6.23. The quantitative estimate of drug-likeness (QED) is 0.875. The zero-order valence-corrected chi connectivity index (χ0v) is 15.5. The number of nitrogens with one attached hydrogen (secondary N) is 1. The van der Waals surface area contributed by atoms with Gasteiger partial charge in [-0.15, -0.1) is 0 Å². The Kier molecular flexibility index (Phi) is 5.97. The van der Waals surface area contributed by atoms with E-state index in [0.29, 0.717) is 17.3 Å². The molecule has 1 N–H and O–H groups in total. The smallest absolute Gasteiger partial charge is 0.228 e. The fourth-order valence-corrected chi connectivity index (χ4v) is 4.08. The third-order valence-corrected chi connectivity index (χ3v) is 5.43. The molecule has 2 saturated heterocycles. The van der Waals surface area contributed by atoms with E-state index in [2.05, 4.69) is 12.2 Å². The highest BCUT2D eigenvalue weighted by Gasteiger charge is 2.39. The van der Waals surface area contributed by atoms with Crippen molar-refractivity contribution in [3.05, 3.63) is 29.3 Å². The molecule has 2 aliphatic heterocycles. The summed E-state index contributed by atoms with van der Waals surface area (Å²) in [6, 6.07) is 7.61. The monoisotopic (exact) mass is 363 g/mol. The van der Waals surface area contributed by atoms with Crippen LogP contribution in [0.4, 0.5) is 5.69 Å². The van der Waals surface area contributed by atoms with E-state index in [0.717, 1.165) is 38.9 Å². The van der Waals surface area contributed by atoms with Crippen LogP contribution in [-0.4, -0.2) is 48.9 Å². The Morgan fingerprint density at radius 3 is 2.72 bits per heavy atom. The Hall–Kier alpha value is -1.59. The third-order valence-electron chi connectivity index (χ3n) is 5.11. The van der Waals surface area contributed by atoms with E-state index >= 15 is 0 Å². The van der Waals surface area contributed by atoms with Gasteiger partial charge in [0, 0.05) is 25.6 Å². The second-order valence-electron chi connectivity index (χ2n) is 6.87. The zero-order valence-electron chi connectivity index (χ0n) is 14.7. The van der Waals surface area contributed by atoms with Crippen LogP contribution in [0.1, 0.15) is 32.6 Å². The molecule has 0 bridgehead atoms. The van der Waals surface area contributed by atoms with E-state index in [9.17, 15) is 9.59 Å².